The van der Waals surface area contributed by atoms with E-state index in [4.69, 9.17) is 5.26 Å². The van der Waals surface area contributed by atoms with Gasteiger partial charge < -0.3 is 4.57 Å². The maximum Gasteiger partial charge on any atom is 0.232 e. The van der Waals surface area contributed by atoms with E-state index in [9.17, 15) is 12.8 Å². The molecular formula is C15H16FN3O2S. The monoisotopic (exact) mass is 321 g/mol. The Bertz CT molecular complexity index is 835. The molecule has 1 aromatic carbocycles. The number of nitriles is 1. The van der Waals surface area contributed by atoms with E-state index in [1.54, 1.807) is 30.7 Å². The zero-order valence-corrected chi connectivity index (χ0v) is 13.1. The van der Waals surface area contributed by atoms with Crippen LogP contribution in [0.3, 0.4) is 0 Å². The molecule has 0 saturated carbocycles. The molecule has 116 valence electrons. The van der Waals surface area contributed by atoms with Crippen molar-refractivity contribution in [1.82, 2.24) is 4.57 Å². The van der Waals surface area contributed by atoms with Crippen LogP contribution in [0.25, 0.3) is 11.3 Å². The standard InChI is InChI=1S/C15H16FN3O2S/c1-3-8-22(20,21)18-11-4-6-13(14(16)9-11)15-7-5-12(10-17)19(15)2/h4-7,9,18H,3,8H2,1-2H3. The quantitative estimate of drug-likeness (QED) is 0.920. The molecular weight excluding hydrogens is 305 g/mol. The second-order valence-corrected chi connectivity index (χ2v) is 6.73. The third-order valence-electron chi connectivity index (χ3n) is 3.23. The van der Waals surface area contributed by atoms with Crippen molar-refractivity contribution >= 4 is 15.7 Å². The lowest BCUT2D eigenvalue weighted by Gasteiger charge is -2.10. The fraction of sp³-hybridized carbons (Fsp3) is 0.267. The van der Waals surface area contributed by atoms with E-state index in [0.717, 1.165) is 6.07 Å². The van der Waals surface area contributed by atoms with Crippen LogP contribution < -0.4 is 4.72 Å². The minimum absolute atomic E-state index is 0.0142. The number of hydrogen-bond donors (Lipinski definition) is 1. The number of sulfonamides is 1. The normalized spacial score (nSPS) is 11.2. The summed E-state index contributed by atoms with van der Waals surface area (Å²) in [4.78, 5) is 0. The van der Waals surface area contributed by atoms with Crippen LogP contribution in [-0.4, -0.2) is 18.7 Å². The molecule has 0 fully saturated rings. The Morgan fingerprint density at radius 2 is 2.05 bits per heavy atom. The van der Waals surface area contributed by atoms with Crippen molar-refractivity contribution in [3.63, 3.8) is 0 Å². The minimum atomic E-state index is -3.45. The van der Waals surface area contributed by atoms with Gasteiger partial charge in [0.25, 0.3) is 0 Å². The molecule has 1 aromatic heterocycles. The first-order chi connectivity index (χ1) is 10.4. The largest absolute Gasteiger partial charge is 0.335 e. The highest BCUT2D eigenvalue weighted by atomic mass is 32.2. The average molecular weight is 321 g/mol. The van der Waals surface area contributed by atoms with E-state index in [-0.39, 0.29) is 11.4 Å². The first kappa shape index (κ1) is 16.0. The predicted molar refractivity (Wildman–Crippen MR) is 83.2 cm³/mol. The van der Waals surface area contributed by atoms with E-state index in [1.165, 1.54) is 12.1 Å². The highest BCUT2D eigenvalue weighted by Crippen LogP contribution is 2.27. The Hall–Kier alpha value is -2.33. The van der Waals surface area contributed by atoms with Gasteiger partial charge in [-0.15, -0.1) is 0 Å². The number of halogens is 1. The number of aromatic nitrogens is 1. The molecule has 7 heteroatoms. The molecule has 5 nitrogen and oxygen atoms in total. The van der Waals surface area contributed by atoms with Crippen molar-refractivity contribution in [2.75, 3.05) is 10.5 Å². The van der Waals surface area contributed by atoms with Gasteiger partial charge in [0.1, 0.15) is 17.6 Å². The van der Waals surface area contributed by atoms with Crippen molar-refractivity contribution in [3.8, 4) is 17.3 Å². The topological polar surface area (TPSA) is 74.9 Å². The van der Waals surface area contributed by atoms with Crippen LogP contribution in [-0.2, 0) is 17.1 Å². The Balaban J connectivity index is 2.35. The number of hydrogen-bond acceptors (Lipinski definition) is 3. The average Bonchev–Trinajstić information content (AvgIpc) is 2.79. The number of nitrogens with one attached hydrogen (secondary N) is 1. The Kier molecular flexibility index (Phi) is 4.52. The zero-order valence-electron chi connectivity index (χ0n) is 12.3. The second kappa shape index (κ2) is 6.20. The molecule has 0 aliphatic carbocycles. The molecule has 0 saturated heterocycles. The molecule has 0 aliphatic rings. The van der Waals surface area contributed by atoms with Gasteiger partial charge in [-0.2, -0.15) is 5.26 Å². The van der Waals surface area contributed by atoms with Gasteiger partial charge in [0.05, 0.1) is 17.1 Å². The summed E-state index contributed by atoms with van der Waals surface area (Å²) in [5, 5.41) is 8.93. The Labute approximate surface area is 129 Å². The number of benzene rings is 1. The zero-order chi connectivity index (χ0) is 16.3. The maximum atomic E-state index is 14.3. The molecule has 0 spiro atoms. The molecule has 0 aliphatic heterocycles. The van der Waals surface area contributed by atoms with E-state index < -0.39 is 15.8 Å². The van der Waals surface area contributed by atoms with Gasteiger partial charge in [-0.25, -0.2) is 12.8 Å². The van der Waals surface area contributed by atoms with Crippen molar-refractivity contribution in [2.24, 2.45) is 7.05 Å². The fourth-order valence-corrected chi connectivity index (χ4v) is 3.31. The predicted octanol–water partition coefficient (Wildman–Crippen LogP) is 2.85. The molecule has 1 N–H and O–H groups in total. The summed E-state index contributed by atoms with van der Waals surface area (Å²) in [6.45, 7) is 1.76. The van der Waals surface area contributed by atoms with Gasteiger partial charge >= 0.3 is 0 Å². The molecule has 0 radical (unpaired) electrons. The van der Waals surface area contributed by atoms with Gasteiger partial charge in [-0.3, -0.25) is 4.72 Å². The third-order valence-corrected chi connectivity index (χ3v) is 4.72. The molecule has 22 heavy (non-hydrogen) atoms. The van der Waals surface area contributed by atoms with E-state index in [1.807, 2.05) is 6.07 Å². The van der Waals surface area contributed by atoms with E-state index >= 15 is 0 Å². The lowest BCUT2D eigenvalue weighted by atomic mass is 10.1. The van der Waals surface area contributed by atoms with Gasteiger partial charge in [0, 0.05) is 12.6 Å². The summed E-state index contributed by atoms with van der Waals surface area (Å²) in [5.74, 6) is -0.568. The second-order valence-electron chi connectivity index (χ2n) is 4.89. The molecule has 0 atom stereocenters. The van der Waals surface area contributed by atoms with Crippen molar-refractivity contribution in [2.45, 2.75) is 13.3 Å². The molecule has 0 amide bonds. The van der Waals surface area contributed by atoms with E-state index in [2.05, 4.69) is 4.72 Å². The van der Waals surface area contributed by atoms with Crippen LogP contribution in [0.4, 0.5) is 10.1 Å². The van der Waals surface area contributed by atoms with Gasteiger partial charge in [-0.1, -0.05) is 6.92 Å². The van der Waals surface area contributed by atoms with Gasteiger partial charge in [0.2, 0.25) is 10.0 Å². The minimum Gasteiger partial charge on any atom is -0.335 e. The molecule has 2 aromatic rings. The van der Waals surface area contributed by atoms with Crippen molar-refractivity contribution in [3.05, 3.63) is 41.8 Å². The van der Waals surface area contributed by atoms with Crippen molar-refractivity contribution in [1.29, 1.82) is 5.26 Å². The Morgan fingerprint density at radius 3 is 2.59 bits per heavy atom. The first-order valence-electron chi connectivity index (χ1n) is 6.74. The Morgan fingerprint density at radius 1 is 1.32 bits per heavy atom. The van der Waals surface area contributed by atoms with Crippen LogP contribution in [0.5, 0.6) is 0 Å². The molecule has 0 unspecified atom stereocenters. The summed E-state index contributed by atoms with van der Waals surface area (Å²) in [6, 6.07) is 9.41. The number of rotatable bonds is 5. The summed E-state index contributed by atoms with van der Waals surface area (Å²) in [7, 11) is -1.78. The van der Waals surface area contributed by atoms with Crippen LogP contribution in [0.15, 0.2) is 30.3 Å². The molecule has 1 heterocycles. The van der Waals surface area contributed by atoms with Crippen LogP contribution in [0.2, 0.25) is 0 Å². The summed E-state index contributed by atoms with van der Waals surface area (Å²) < 4.78 is 41.6. The highest BCUT2D eigenvalue weighted by Gasteiger charge is 2.14. The molecule has 0 bridgehead atoms. The van der Waals surface area contributed by atoms with Gasteiger partial charge in [0.15, 0.2) is 0 Å². The highest BCUT2D eigenvalue weighted by molar-refractivity contribution is 7.92. The third kappa shape index (κ3) is 3.28. The summed E-state index contributed by atoms with van der Waals surface area (Å²) >= 11 is 0. The SMILES string of the molecule is CCCS(=O)(=O)Nc1ccc(-c2ccc(C#N)n2C)c(F)c1. The van der Waals surface area contributed by atoms with Crippen LogP contribution >= 0.6 is 0 Å². The smallest absolute Gasteiger partial charge is 0.232 e. The van der Waals surface area contributed by atoms with Crippen molar-refractivity contribution < 1.29 is 12.8 Å². The summed E-state index contributed by atoms with van der Waals surface area (Å²) in [6.07, 6.45) is 0.482. The lowest BCUT2D eigenvalue weighted by molar-refractivity contribution is 0.599. The van der Waals surface area contributed by atoms with Gasteiger partial charge in [-0.05, 0) is 36.8 Å². The fourth-order valence-electron chi connectivity index (χ4n) is 2.18. The summed E-state index contributed by atoms with van der Waals surface area (Å²) in [5.41, 5.74) is 1.46. The maximum absolute atomic E-state index is 14.3. The van der Waals surface area contributed by atoms with Crippen LogP contribution in [0, 0.1) is 17.1 Å². The lowest BCUT2D eigenvalue weighted by Crippen LogP contribution is -2.16. The number of nitrogens with zero attached hydrogens (tertiary/aromatic N) is 2. The van der Waals surface area contributed by atoms with E-state index in [0.29, 0.717) is 23.4 Å². The first-order valence-corrected chi connectivity index (χ1v) is 8.39. The molecule has 2 rings (SSSR count). The number of anilines is 1. The van der Waals surface area contributed by atoms with Crippen LogP contribution in [0.1, 0.15) is 19.0 Å².